The molecule has 2 saturated heterocycles. The molecule has 6 atom stereocenters. The molecule has 2 rings (SSSR count). The number of imide groups is 1. The lowest BCUT2D eigenvalue weighted by molar-refractivity contribution is -0.174. The van der Waals surface area contributed by atoms with Crippen molar-refractivity contribution in [2.45, 2.75) is 36.3 Å². The fourth-order valence-corrected chi connectivity index (χ4v) is 2.62. The monoisotopic (exact) mass is 360 g/mol. The van der Waals surface area contributed by atoms with Crippen molar-refractivity contribution in [3.05, 3.63) is 0 Å². The number of alkyl halides is 1. The summed E-state index contributed by atoms with van der Waals surface area (Å²) < 4.78 is 34.4. The third kappa shape index (κ3) is 3.36. The van der Waals surface area contributed by atoms with Crippen LogP contribution in [0, 0.1) is 0 Å². The molecule has 3 amide bonds. The van der Waals surface area contributed by atoms with E-state index in [0.717, 1.165) is 0 Å². The van der Waals surface area contributed by atoms with Gasteiger partial charge in [0.1, 0.15) is 24.4 Å². The molecule has 0 unspecified atom stereocenters. The minimum atomic E-state index is -4.92. The fraction of sp³-hybridized carbons (Fsp3) is 0.778. The molecule has 23 heavy (non-hydrogen) atoms. The number of hydrogen-bond donors (Lipinski definition) is 7. The van der Waals surface area contributed by atoms with Crippen molar-refractivity contribution in [2.75, 3.05) is 6.61 Å². The van der Waals surface area contributed by atoms with Crippen LogP contribution < -0.4 is 10.6 Å². The molecular formula is C9H14FN2O10P. The van der Waals surface area contributed by atoms with Crippen LogP contribution in [0.25, 0.3) is 0 Å². The molecule has 14 heteroatoms. The predicted molar refractivity (Wildman–Crippen MR) is 65.2 cm³/mol. The Hall–Kier alpha value is -1.18. The number of urea groups is 1. The van der Waals surface area contributed by atoms with Crippen molar-refractivity contribution in [2.24, 2.45) is 0 Å². The summed E-state index contributed by atoms with van der Waals surface area (Å²) >= 11 is 0. The molecule has 2 heterocycles. The second-order valence-corrected chi connectivity index (χ2v) is 6.20. The van der Waals surface area contributed by atoms with E-state index in [9.17, 15) is 33.9 Å². The molecule has 0 aromatic carbocycles. The van der Waals surface area contributed by atoms with Crippen LogP contribution in [0.15, 0.2) is 0 Å². The first-order valence-electron chi connectivity index (χ1n) is 6.17. The molecular weight excluding hydrogens is 346 g/mol. The molecule has 0 radical (unpaired) electrons. The fourth-order valence-electron chi connectivity index (χ4n) is 2.28. The van der Waals surface area contributed by atoms with Crippen molar-refractivity contribution in [3.63, 3.8) is 0 Å². The van der Waals surface area contributed by atoms with Gasteiger partial charge < -0.3 is 35.2 Å². The van der Waals surface area contributed by atoms with E-state index >= 15 is 0 Å². The number of aliphatic hydroxyl groups is 3. The minimum Gasteiger partial charge on any atom is -0.388 e. The summed E-state index contributed by atoms with van der Waals surface area (Å²) in [5.74, 6) is -1.61. The van der Waals surface area contributed by atoms with Gasteiger partial charge in [0.15, 0.2) is 6.23 Å². The van der Waals surface area contributed by atoms with Gasteiger partial charge in [-0.1, -0.05) is 0 Å². The molecule has 7 N–H and O–H groups in total. The number of halogens is 1. The Morgan fingerprint density at radius 2 is 1.87 bits per heavy atom. The Morgan fingerprint density at radius 1 is 1.26 bits per heavy atom. The molecule has 2 fully saturated rings. The van der Waals surface area contributed by atoms with Gasteiger partial charge in [0.05, 0.1) is 6.61 Å². The van der Waals surface area contributed by atoms with E-state index in [-0.39, 0.29) is 0 Å². The van der Waals surface area contributed by atoms with Crippen LogP contribution in [0.5, 0.6) is 0 Å². The van der Waals surface area contributed by atoms with Crippen molar-refractivity contribution in [1.29, 1.82) is 0 Å². The summed E-state index contributed by atoms with van der Waals surface area (Å²) in [4.78, 5) is 39.8. The van der Waals surface area contributed by atoms with E-state index in [1.807, 2.05) is 0 Å². The number of carbonyl (C=O) groups is 2. The zero-order chi connectivity index (χ0) is 17.6. The maximum atomic E-state index is 14.8. The second kappa shape index (κ2) is 6.03. The lowest BCUT2D eigenvalue weighted by atomic mass is 9.89. The summed E-state index contributed by atoms with van der Waals surface area (Å²) in [6.45, 7) is -0.918. The van der Waals surface area contributed by atoms with Gasteiger partial charge in [-0.2, -0.15) is 0 Å². The van der Waals surface area contributed by atoms with Crippen LogP contribution in [-0.2, 0) is 18.6 Å². The number of carbonyl (C=O) groups excluding carboxylic acids is 2. The number of ether oxygens (including phenoxy) is 1. The van der Waals surface area contributed by atoms with Gasteiger partial charge in [0.25, 0.3) is 11.6 Å². The van der Waals surface area contributed by atoms with Crippen molar-refractivity contribution >= 4 is 19.8 Å². The van der Waals surface area contributed by atoms with Crippen LogP contribution >= 0.6 is 7.82 Å². The summed E-state index contributed by atoms with van der Waals surface area (Å²) in [6.07, 6.45) is -10.00. The predicted octanol–water partition coefficient (Wildman–Crippen LogP) is -3.55. The number of phosphoric acid groups is 1. The van der Waals surface area contributed by atoms with E-state index in [4.69, 9.17) is 14.5 Å². The molecule has 2 aliphatic rings. The van der Waals surface area contributed by atoms with Gasteiger partial charge in [0, 0.05) is 0 Å². The Bertz CT molecular complexity index is 556. The number of hydrogen-bond acceptors (Lipinski definition) is 8. The van der Waals surface area contributed by atoms with Gasteiger partial charge in [-0.15, -0.1) is 0 Å². The molecule has 0 spiro atoms. The van der Waals surface area contributed by atoms with Gasteiger partial charge >= 0.3 is 13.9 Å². The van der Waals surface area contributed by atoms with Crippen molar-refractivity contribution < 1.29 is 52.9 Å². The molecule has 0 aromatic rings. The molecule has 0 bridgehead atoms. The Morgan fingerprint density at radius 3 is 2.39 bits per heavy atom. The van der Waals surface area contributed by atoms with Crippen LogP contribution in [0.4, 0.5) is 9.18 Å². The first-order chi connectivity index (χ1) is 10.5. The normalized spacial score (nSPS) is 41.6. The molecule has 12 nitrogen and oxygen atoms in total. The smallest absolute Gasteiger partial charge is 0.388 e. The van der Waals surface area contributed by atoms with E-state index in [1.165, 1.54) is 5.32 Å². The maximum absolute atomic E-state index is 14.8. The van der Waals surface area contributed by atoms with Crippen LogP contribution in [-0.4, -0.2) is 80.0 Å². The summed E-state index contributed by atoms with van der Waals surface area (Å²) in [6, 6.07) is -1.18. The van der Waals surface area contributed by atoms with Gasteiger partial charge in [-0.25, -0.2) is 13.8 Å². The van der Waals surface area contributed by atoms with Gasteiger partial charge in [0.2, 0.25) is 0 Å². The van der Waals surface area contributed by atoms with Crippen LogP contribution in [0.1, 0.15) is 0 Å². The lowest BCUT2D eigenvalue weighted by Gasteiger charge is -2.37. The number of aliphatic hydroxyl groups excluding tert-OH is 3. The van der Waals surface area contributed by atoms with E-state index < -0.39 is 62.7 Å². The maximum Gasteiger partial charge on any atom is 0.469 e. The van der Waals surface area contributed by atoms with Crippen molar-refractivity contribution in [3.8, 4) is 0 Å². The molecule has 0 saturated carbocycles. The first kappa shape index (κ1) is 18.2. The number of rotatable bonds is 4. The molecule has 2 aliphatic heterocycles. The number of nitrogens with one attached hydrogen (secondary N) is 2. The number of phosphoric ester groups is 1. The Balaban J connectivity index is 2.18. The van der Waals surface area contributed by atoms with E-state index in [1.54, 1.807) is 5.32 Å². The van der Waals surface area contributed by atoms with Crippen LogP contribution in [0.2, 0.25) is 0 Å². The minimum absolute atomic E-state index is 0.918. The van der Waals surface area contributed by atoms with E-state index in [0.29, 0.717) is 0 Å². The zero-order valence-electron chi connectivity index (χ0n) is 11.2. The topological polar surface area (TPSA) is 195 Å². The van der Waals surface area contributed by atoms with E-state index in [2.05, 4.69) is 4.52 Å². The average molecular weight is 360 g/mol. The third-order valence-corrected chi connectivity index (χ3v) is 3.91. The summed E-state index contributed by atoms with van der Waals surface area (Å²) in [5, 5.41) is 32.3. The third-order valence-electron chi connectivity index (χ3n) is 3.42. The molecule has 0 aromatic heterocycles. The highest BCUT2D eigenvalue weighted by atomic mass is 31.2. The number of amides is 3. The Kier molecular flexibility index (Phi) is 4.76. The largest absolute Gasteiger partial charge is 0.469 e. The Labute approximate surface area is 127 Å². The first-order valence-corrected chi connectivity index (χ1v) is 7.70. The summed E-state index contributed by atoms with van der Waals surface area (Å²) in [5.41, 5.74) is -3.34. The summed E-state index contributed by atoms with van der Waals surface area (Å²) in [7, 11) is -4.92. The zero-order valence-corrected chi connectivity index (χ0v) is 12.1. The van der Waals surface area contributed by atoms with Gasteiger partial charge in [-0.3, -0.25) is 14.6 Å². The SMILES string of the molecule is O=C1NC(=O)[C@](F)([C@@H]2O[C@H](COP(=O)(O)O)[C@@H](O)[C@H]2O)[C@@H](O)N1. The second-order valence-electron chi connectivity index (χ2n) is 4.96. The lowest BCUT2D eigenvalue weighted by Crippen LogP contribution is -2.72. The average Bonchev–Trinajstić information content (AvgIpc) is 2.70. The van der Waals surface area contributed by atoms with Crippen molar-refractivity contribution in [1.82, 2.24) is 10.6 Å². The highest BCUT2D eigenvalue weighted by Crippen LogP contribution is 2.39. The molecule has 0 aliphatic carbocycles. The van der Waals surface area contributed by atoms with Gasteiger partial charge in [-0.05, 0) is 0 Å². The van der Waals surface area contributed by atoms with Crippen LogP contribution in [0.3, 0.4) is 0 Å². The quantitative estimate of drug-likeness (QED) is 0.247. The standard InChI is InChI=1S/C9H14FN2O10P/c10-9(6(15)11-8(17)12-7(9)16)5-4(14)3(13)2(22-5)1-21-23(18,19)20/h2-6,13-15H,1H2,(H2,18,19,20)(H2,11,12,16,17)/t2-,3-,4-,5-,6-,9+/m1/s1. The highest BCUT2D eigenvalue weighted by Gasteiger charge is 2.64. The molecule has 132 valence electrons. The highest BCUT2D eigenvalue weighted by molar-refractivity contribution is 7.46.